The number of nitrogens with zero attached hydrogens (tertiary/aromatic N) is 4. The van der Waals surface area contributed by atoms with Crippen LogP contribution in [0.25, 0.3) is 5.69 Å². The van der Waals surface area contributed by atoms with E-state index in [0.29, 0.717) is 17.2 Å². The van der Waals surface area contributed by atoms with Gasteiger partial charge in [0.15, 0.2) is 17.1 Å². The predicted molar refractivity (Wildman–Crippen MR) is 132 cm³/mol. The van der Waals surface area contributed by atoms with Crippen molar-refractivity contribution in [1.29, 1.82) is 5.26 Å². The summed E-state index contributed by atoms with van der Waals surface area (Å²) in [6, 6.07) is 28.1. The Labute approximate surface area is 199 Å². The second kappa shape index (κ2) is 10.4. The van der Waals surface area contributed by atoms with E-state index in [-0.39, 0.29) is 6.10 Å². The lowest BCUT2D eigenvalue weighted by atomic mass is 10.0. The molecule has 1 heterocycles. The molecule has 0 aliphatic carbocycles. The van der Waals surface area contributed by atoms with Gasteiger partial charge in [-0.1, -0.05) is 74.1 Å². The fraction of sp³-hybridized carbons (Fsp3) is 0.222. The van der Waals surface area contributed by atoms with Crippen LogP contribution in [0.1, 0.15) is 55.3 Å². The van der Waals surface area contributed by atoms with Gasteiger partial charge in [-0.25, -0.2) is 0 Å². The van der Waals surface area contributed by atoms with Gasteiger partial charge < -0.3 is 4.74 Å². The fourth-order valence-electron chi connectivity index (χ4n) is 3.54. The number of aromatic nitrogens is 3. The Morgan fingerprint density at radius 1 is 0.909 bits per heavy atom. The van der Waals surface area contributed by atoms with Gasteiger partial charge >= 0.3 is 0 Å². The fourth-order valence-corrected chi connectivity index (χ4v) is 4.51. The first-order chi connectivity index (χ1) is 16.1. The van der Waals surface area contributed by atoms with Crippen molar-refractivity contribution in [1.82, 2.24) is 14.8 Å². The zero-order chi connectivity index (χ0) is 23.2. The highest BCUT2D eigenvalue weighted by Crippen LogP contribution is 2.30. The minimum absolute atomic E-state index is 0.302. The third kappa shape index (κ3) is 5.27. The van der Waals surface area contributed by atoms with Gasteiger partial charge in [-0.05, 0) is 54.3 Å². The van der Waals surface area contributed by atoms with Gasteiger partial charge in [-0.3, -0.25) is 4.57 Å². The molecule has 0 bridgehead atoms. The maximum atomic E-state index is 9.40. The van der Waals surface area contributed by atoms with Crippen LogP contribution in [0.4, 0.5) is 0 Å². The summed E-state index contributed by atoms with van der Waals surface area (Å²) >= 11 is 1.56. The van der Waals surface area contributed by atoms with Crippen LogP contribution < -0.4 is 4.74 Å². The monoisotopic (exact) mass is 454 g/mol. The number of rotatable bonds is 8. The van der Waals surface area contributed by atoms with Crippen molar-refractivity contribution in [3.05, 3.63) is 101 Å². The second-order valence-electron chi connectivity index (χ2n) is 8.05. The van der Waals surface area contributed by atoms with Gasteiger partial charge in [0.25, 0.3) is 0 Å². The van der Waals surface area contributed by atoms with Crippen LogP contribution in [0, 0.1) is 11.3 Å². The average Bonchev–Trinajstić information content (AvgIpc) is 3.28. The van der Waals surface area contributed by atoms with Crippen LogP contribution in [0.5, 0.6) is 5.75 Å². The third-order valence-corrected chi connectivity index (χ3v) is 6.37. The van der Waals surface area contributed by atoms with E-state index < -0.39 is 0 Å². The summed E-state index contributed by atoms with van der Waals surface area (Å²) in [5.74, 6) is 2.63. The number of nitriles is 1. The van der Waals surface area contributed by atoms with E-state index in [1.807, 2.05) is 78.2 Å². The van der Waals surface area contributed by atoms with Crippen LogP contribution in [0.15, 0.2) is 84.0 Å². The van der Waals surface area contributed by atoms with Crippen molar-refractivity contribution in [2.24, 2.45) is 0 Å². The first-order valence-corrected chi connectivity index (χ1v) is 11.9. The van der Waals surface area contributed by atoms with Gasteiger partial charge in [0.2, 0.25) is 0 Å². The molecule has 0 saturated carbocycles. The Hall–Kier alpha value is -3.56. The van der Waals surface area contributed by atoms with E-state index in [0.717, 1.165) is 28.0 Å². The normalized spacial score (nSPS) is 11.8. The van der Waals surface area contributed by atoms with Crippen LogP contribution >= 0.6 is 11.8 Å². The van der Waals surface area contributed by atoms with Crippen LogP contribution in [-0.4, -0.2) is 14.8 Å². The molecule has 6 heteroatoms. The number of benzene rings is 3. The molecule has 1 unspecified atom stereocenters. The van der Waals surface area contributed by atoms with Crippen molar-refractivity contribution in [3.63, 3.8) is 0 Å². The average molecular weight is 455 g/mol. The molecule has 1 atom stereocenters. The first kappa shape index (κ1) is 22.6. The summed E-state index contributed by atoms with van der Waals surface area (Å²) < 4.78 is 8.27. The molecule has 0 N–H and O–H groups in total. The number of hydrogen-bond donors (Lipinski definition) is 0. The lowest BCUT2D eigenvalue weighted by Crippen LogP contribution is -2.11. The van der Waals surface area contributed by atoms with E-state index in [1.54, 1.807) is 11.8 Å². The van der Waals surface area contributed by atoms with Crippen LogP contribution in [0.3, 0.4) is 0 Å². The number of ether oxygens (including phenoxy) is 1. The topological polar surface area (TPSA) is 63.7 Å². The SMILES string of the molecule is CC(C)c1ccc(OC(C)c2nnc(SCc3ccccc3C#N)n2-c2ccccc2)cc1. The molecule has 4 aromatic rings. The molecule has 0 saturated heterocycles. The van der Waals surface area contributed by atoms with Gasteiger partial charge in [0.1, 0.15) is 5.75 Å². The Morgan fingerprint density at radius 2 is 1.61 bits per heavy atom. The van der Waals surface area contributed by atoms with Gasteiger partial charge in [0.05, 0.1) is 11.6 Å². The number of hydrogen-bond acceptors (Lipinski definition) is 5. The van der Waals surface area contributed by atoms with E-state index >= 15 is 0 Å². The molecular formula is C27H26N4OS. The standard InChI is InChI=1S/C27H26N4OS/c1-19(2)21-13-15-25(16-14-21)32-20(3)26-29-30-27(31(26)24-11-5-4-6-12-24)33-18-23-10-8-7-9-22(23)17-28/h4-16,19-20H,18H2,1-3H3. The van der Waals surface area contributed by atoms with E-state index in [9.17, 15) is 5.26 Å². The number of thioether (sulfide) groups is 1. The molecule has 0 spiro atoms. The summed E-state index contributed by atoms with van der Waals surface area (Å²) in [7, 11) is 0. The van der Waals surface area contributed by atoms with E-state index in [1.165, 1.54) is 5.56 Å². The predicted octanol–water partition coefficient (Wildman–Crippen LogP) is 6.69. The van der Waals surface area contributed by atoms with Crippen molar-refractivity contribution in [3.8, 4) is 17.5 Å². The van der Waals surface area contributed by atoms with Crippen LogP contribution in [0.2, 0.25) is 0 Å². The van der Waals surface area contributed by atoms with Gasteiger partial charge in [0, 0.05) is 11.4 Å². The van der Waals surface area contributed by atoms with Crippen molar-refractivity contribution >= 4 is 11.8 Å². The molecule has 0 aliphatic rings. The molecule has 0 fully saturated rings. The molecule has 5 nitrogen and oxygen atoms in total. The summed E-state index contributed by atoms with van der Waals surface area (Å²) in [5.41, 5.74) is 3.90. The molecule has 0 aliphatic heterocycles. The van der Waals surface area contributed by atoms with E-state index in [2.05, 4.69) is 42.2 Å². The molecule has 0 radical (unpaired) electrons. The lowest BCUT2D eigenvalue weighted by Gasteiger charge is -2.17. The molecule has 0 amide bonds. The minimum atomic E-state index is -0.302. The minimum Gasteiger partial charge on any atom is -0.483 e. The van der Waals surface area contributed by atoms with Gasteiger partial charge in [-0.15, -0.1) is 10.2 Å². The highest BCUT2D eigenvalue weighted by Gasteiger charge is 2.21. The first-order valence-electron chi connectivity index (χ1n) is 10.9. The molecule has 4 rings (SSSR count). The second-order valence-corrected chi connectivity index (χ2v) is 9.00. The summed E-state index contributed by atoms with van der Waals surface area (Å²) in [5, 5.41) is 19.1. The molecule has 33 heavy (non-hydrogen) atoms. The van der Waals surface area contributed by atoms with Crippen LogP contribution in [-0.2, 0) is 5.75 Å². The third-order valence-electron chi connectivity index (χ3n) is 5.39. The highest BCUT2D eigenvalue weighted by molar-refractivity contribution is 7.98. The molecular weight excluding hydrogens is 428 g/mol. The van der Waals surface area contributed by atoms with Crippen molar-refractivity contribution in [2.75, 3.05) is 0 Å². The number of para-hydroxylation sites is 1. The maximum absolute atomic E-state index is 9.40. The quantitative estimate of drug-likeness (QED) is 0.277. The Bertz CT molecular complexity index is 1240. The maximum Gasteiger partial charge on any atom is 0.196 e. The lowest BCUT2D eigenvalue weighted by molar-refractivity contribution is 0.213. The zero-order valence-electron chi connectivity index (χ0n) is 19.0. The zero-order valence-corrected chi connectivity index (χ0v) is 19.8. The largest absolute Gasteiger partial charge is 0.483 e. The van der Waals surface area contributed by atoms with Crippen molar-refractivity contribution < 1.29 is 4.74 Å². The smallest absolute Gasteiger partial charge is 0.196 e. The Kier molecular flexibility index (Phi) is 7.11. The Morgan fingerprint density at radius 3 is 2.30 bits per heavy atom. The molecule has 3 aromatic carbocycles. The summed E-state index contributed by atoms with van der Waals surface area (Å²) in [6.07, 6.45) is -0.302. The van der Waals surface area contributed by atoms with Crippen molar-refractivity contribution in [2.45, 2.75) is 43.7 Å². The highest BCUT2D eigenvalue weighted by atomic mass is 32.2. The Balaban J connectivity index is 1.61. The van der Waals surface area contributed by atoms with Gasteiger partial charge in [-0.2, -0.15) is 5.26 Å². The molecule has 166 valence electrons. The summed E-state index contributed by atoms with van der Waals surface area (Å²) in [6.45, 7) is 6.34. The molecule has 1 aromatic heterocycles. The summed E-state index contributed by atoms with van der Waals surface area (Å²) in [4.78, 5) is 0. The van der Waals surface area contributed by atoms with E-state index in [4.69, 9.17) is 4.74 Å².